The first-order valence-electron chi connectivity index (χ1n) is 4.68. The third kappa shape index (κ3) is 2.73. The molecule has 0 aliphatic rings. The van der Waals surface area contributed by atoms with Gasteiger partial charge in [-0.15, -0.1) is 11.3 Å². The van der Waals surface area contributed by atoms with Crippen molar-refractivity contribution in [3.63, 3.8) is 0 Å². The average molecular weight is 336 g/mol. The Morgan fingerprint density at radius 1 is 1.17 bits per heavy atom. The van der Waals surface area contributed by atoms with Crippen molar-refractivity contribution in [2.45, 2.75) is 0 Å². The lowest BCUT2D eigenvalue weighted by Gasteiger charge is -2.06. The zero-order valence-corrected chi connectivity index (χ0v) is 11.0. The zero-order chi connectivity index (χ0) is 13.3. The largest absolute Gasteiger partial charge is 0.316 e. The lowest BCUT2D eigenvalue weighted by atomic mass is 10.2. The molecular formula is C11H5BrF3NOS. The van der Waals surface area contributed by atoms with Crippen LogP contribution in [0.1, 0.15) is 9.67 Å². The molecule has 0 spiro atoms. The van der Waals surface area contributed by atoms with Crippen LogP contribution >= 0.6 is 27.3 Å². The highest BCUT2D eigenvalue weighted by Gasteiger charge is 2.16. The van der Waals surface area contributed by atoms with Gasteiger partial charge in [0, 0.05) is 12.1 Å². The molecule has 0 aliphatic carbocycles. The lowest BCUT2D eigenvalue weighted by molar-refractivity contribution is 0.102. The van der Waals surface area contributed by atoms with E-state index >= 15 is 0 Å². The minimum atomic E-state index is -1.16. The minimum absolute atomic E-state index is 0.282. The Labute approximate surface area is 113 Å². The third-order valence-corrected chi connectivity index (χ3v) is 3.66. The smallest absolute Gasteiger partial charge is 0.265 e. The summed E-state index contributed by atoms with van der Waals surface area (Å²) in [5.41, 5.74) is -0.661. The molecule has 0 atom stereocenters. The van der Waals surface area contributed by atoms with E-state index in [-0.39, 0.29) is 4.88 Å². The quantitative estimate of drug-likeness (QED) is 0.876. The molecule has 94 valence electrons. The van der Waals surface area contributed by atoms with Crippen LogP contribution in [-0.4, -0.2) is 5.91 Å². The first-order chi connectivity index (χ1) is 8.47. The Kier molecular flexibility index (Phi) is 3.72. The number of benzene rings is 1. The van der Waals surface area contributed by atoms with Crippen molar-refractivity contribution >= 4 is 38.9 Å². The van der Waals surface area contributed by atoms with Gasteiger partial charge in [0.25, 0.3) is 5.91 Å². The number of hydrogen-bond acceptors (Lipinski definition) is 2. The first-order valence-corrected chi connectivity index (χ1v) is 6.29. The predicted molar refractivity (Wildman–Crippen MR) is 66.3 cm³/mol. The molecule has 2 rings (SSSR count). The highest BCUT2D eigenvalue weighted by molar-refractivity contribution is 9.11. The van der Waals surface area contributed by atoms with Crippen molar-refractivity contribution in [1.82, 2.24) is 0 Å². The Bertz CT molecular complexity index is 591. The van der Waals surface area contributed by atoms with E-state index in [2.05, 4.69) is 21.2 Å². The van der Waals surface area contributed by atoms with Crippen molar-refractivity contribution < 1.29 is 18.0 Å². The second-order valence-electron chi connectivity index (χ2n) is 3.30. The molecular weight excluding hydrogens is 331 g/mol. The number of carbonyl (C=O) groups is 1. The van der Waals surface area contributed by atoms with Crippen molar-refractivity contribution in [3.8, 4) is 0 Å². The fourth-order valence-electron chi connectivity index (χ4n) is 1.27. The normalized spacial score (nSPS) is 10.4. The van der Waals surface area contributed by atoms with Crippen LogP contribution in [0.3, 0.4) is 0 Å². The maximum Gasteiger partial charge on any atom is 0.265 e. The van der Waals surface area contributed by atoms with E-state index in [1.807, 2.05) is 0 Å². The number of hydrogen-bond donors (Lipinski definition) is 1. The van der Waals surface area contributed by atoms with Gasteiger partial charge in [0.1, 0.15) is 11.5 Å². The van der Waals surface area contributed by atoms with E-state index < -0.39 is 29.0 Å². The molecule has 1 N–H and O–H groups in total. The summed E-state index contributed by atoms with van der Waals surface area (Å²) in [4.78, 5) is 12.0. The molecule has 18 heavy (non-hydrogen) atoms. The SMILES string of the molecule is O=C(Nc1c(F)cc(F)cc1F)c1ccc(Br)s1. The maximum atomic E-state index is 13.3. The molecule has 7 heteroatoms. The first kappa shape index (κ1) is 13.1. The van der Waals surface area contributed by atoms with Gasteiger partial charge in [-0.05, 0) is 28.1 Å². The zero-order valence-electron chi connectivity index (χ0n) is 8.64. The van der Waals surface area contributed by atoms with E-state index in [1.165, 1.54) is 6.07 Å². The molecule has 2 aromatic rings. The summed E-state index contributed by atoms with van der Waals surface area (Å²) in [6.45, 7) is 0. The van der Waals surface area contributed by atoms with Crippen molar-refractivity contribution in [2.24, 2.45) is 0 Å². The topological polar surface area (TPSA) is 29.1 Å². The summed E-state index contributed by atoms with van der Waals surface area (Å²) in [6, 6.07) is 4.15. The monoisotopic (exact) mass is 335 g/mol. The number of rotatable bonds is 2. The van der Waals surface area contributed by atoms with Crippen molar-refractivity contribution in [2.75, 3.05) is 5.32 Å². The van der Waals surface area contributed by atoms with E-state index in [1.54, 1.807) is 6.07 Å². The van der Waals surface area contributed by atoms with Crippen LogP contribution in [0.5, 0.6) is 0 Å². The number of halogens is 4. The molecule has 1 amide bonds. The summed E-state index contributed by atoms with van der Waals surface area (Å²) in [7, 11) is 0. The number of nitrogens with one attached hydrogen (secondary N) is 1. The Morgan fingerprint density at radius 2 is 1.78 bits per heavy atom. The second-order valence-corrected chi connectivity index (χ2v) is 5.77. The van der Waals surface area contributed by atoms with Gasteiger partial charge >= 0.3 is 0 Å². The van der Waals surface area contributed by atoms with E-state index in [0.29, 0.717) is 15.9 Å². The van der Waals surface area contributed by atoms with E-state index in [0.717, 1.165) is 11.3 Å². The Balaban J connectivity index is 2.27. The molecule has 0 radical (unpaired) electrons. The fraction of sp³-hybridized carbons (Fsp3) is 0. The third-order valence-electron chi connectivity index (χ3n) is 2.04. The summed E-state index contributed by atoms with van der Waals surface area (Å²) in [5.74, 6) is -4.01. The Hall–Kier alpha value is -1.34. The van der Waals surface area contributed by atoms with Gasteiger partial charge in [0.15, 0.2) is 11.6 Å². The number of amides is 1. The van der Waals surface area contributed by atoms with Crippen LogP contribution in [0.15, 0.2) is 28.1 Å². The molecule has 1 heterocycles. The Morgan fingerprint density at radius 3 is 2.28 bits per heavy atom. The number of anilines is 1. The lowest BCUT2D eigenvalue weighted by Crippen LogP contribution is -2.13. The maximum absolute atomic E-state index is 13.3. The summed E-state index contributed by atoms with van der Waals surface area (Å²) in [6.07, 6.45) is 0. The van der Waals surface area contributed by atoms with Gasteiger partial charge in [-0.3, -0.25) is 4.79 Å². The van der Waals surface area contributed by atoms with Gasteiger partial charge in [-0.2, -0.15) is 0 Å². The van der Waals surface area contributed by atoms with Crippen LogP contribution in [0.2, 0.25) is 0 Å². The van der Waals surface area contributed by atoms with Crippen LogP contribution in [0.4, 0.5) is 18.9 Å². The second kappa shape index (κ2) is 5.11. The van der Waals surface area contributed by atoms with Crippen LogP contribution in [0.25, 0.3) is 0 Å². The predicted octanol–water partition coefficient (Wildman–Crippen LogP) is 4.18. The van der Waals surface area contributed by atoms with Gasteiger partial charge in [-0.25, -0.2) is 13.2 Å². The molecule has 0 bridgehead atoms. The highest BCUT2D eigenvalue weighted by Crippen LogP contribution is 2.25. The van der Waals surface area contributed by atoms with Crippen molar-refractivity contribution in [3.05, 3.63) is 50.4 Å². The summed E-state index contributed by atoms with van der Waals surface area (Å²) < 4.78 is 40.0. The molecule has 0 aliphatic heterocycles. The molecule has 1 aromatic carbocycles. The molecule has 0 saturated carbocycles. The molecule has 0 unspecified atom stereocenters. The summed E-state index contributed by atoms with van der Waals surface area (Å²) in [5, 5.41) is 2.07. The van der Waals surface area contributed by atoms with Gasteiger partial charge in [-0.1, -0.05) is 0 Å². The summed E-state index contributed by atoms with van der Waals surface area (Å²) >= 11 is 4.28. The number of thiophene rings is 1. The highest BCUT2D eigenvalue weighted by atomic mass is 79.9. The molecule has 1 aromatic heterocycles. The molecule has 0 fully saturated rings. The number of carbonyl (C=O) groups excluding carboxylic acids is 1. The molecule has 2 nitrogen and oxygen atoms in total. The van der Waals surface area contributed by atoms with Crippen LogP contribution in [0, 0.1) is 17.5 Å². The fourth-order valence-corrected chi connectivity index (χ4v) is 2.55. The van der Waals surface area contributed by atoms with Crippen LogP contribution in [-0.2, 0) is 0 Å². The molecule has 0 saturated heterocycles. The van der Waals surface area contributed by atoms with Crippen LogP contribution < -0.4 is 5.32 Å². The standard InChI is InChI=1S/C11H5BrF3NOS/c12-9-2-1-8(18-9)11(17)16-10-6(14)3-5(13)4-7(10)15/h1-4H,(H,16,17). The average Bonchev–Trinajstić information content (AvgIpc) is 2.70. The van der Waals surface area contributed by atoms with Gasteiger partial charge in [0.05, 0.1) is 8.66 Å². The van der Waals surface area contributed by atoms with Gasteiger partial charge in [0.2, 0.25) is 0 Å². The minimum Gasteiger partial charge on any atom is -0.316 e. The van der Waals surface area contributed by atoms with Gasteiger partial charge < -0.3 is 5.32 Å². The van der Waals surface area contributed by atoms with Crippen molar-refractivity contribution in [1.29, 1.82) is 0 Å². The van der Waals surface area contributed by atoms with E-state index in [9.17, 15) is 18.0 Å². The van der Waals surface area contributed by atoms with E-state index in [4.69, 9.17) is 0 Å².